The van der Waals surface area contributed by atoms with Crippen LogP contribution >= 0.6 is 30.4 Å². The topological polar surface area (TPSA) is 9.23 Å². The fourth-order valence-corrected chi connectivity index (χ4v) is 3.20. The minimum absolute atomic E-state index is 0. The third-order valence-corrected chi connectivity index (χ3v) is 4.75. The summed E-state index contributed by atoms with van der Waals surface area (Å²) in [7, 11) is -10.7. The second-order valence-corrected chi connectivity index (χ2v) is 9.66. The van der Waals surface area contributed by atoms with Crippen LogP contribution in [0.25, 0.3) is 11.1 Å². The predicted molar refractivity (Wildman–Crippen MR) is 118 cm³/mol. The summed E-state index contributed by atoms with van der Waals surface area (Å²) >= 11 is 2.38. The Balaban J connectivity index is 0.000000909. The first-order valence-electron chi connectivity index (χ1n) is 9.30. The summed E-state index contributed by atoms with van der Waals surface area (Å²) in [4.78, 5) is 0. The Labute approximate surface area is 182 Å². The summed E-state index contributed by atoms with van der Waals surface area (Å²) in [5.41, 5.74) is 2.53. The molecule has 0 amide bonds. The summed E-state index contributed by atoms with van der Waals surface area (Å²) in [6.45, 7) is 3.08. The number of rotatable bonds is 9. The zero-order valence-electron chi connectivity index (χ0n) is 17.1. The van der Waals surface area contributed by atoms with Crippen molar-refractivity contribution in [1.29, 1.82) is 0 Å². The summed E-state index contributed by atoms with van der Waals surface area (Å²) in [6, 6.07) is 16.9. The minimum Gasteiger partial charge on any atom is 1.00 e. The number of halogens is 7. The van der Waals surface area contributed by atoms with Gasteiger partial charge in [0, 0.05) is 3.57 Å². The van der Waals surface area contributed by atoms with Crippen LogP contribution in [0, 0.1) is 3.57 Å². The zero-order valence-corrected chi connectivity index (χ0v) is 19.1. The van der Waals surface area contributed by atoms with Crippen molar-refractivity contribution in [3.63, 3.8) is 0 Å². The van der Waals surface area contributed by atoms with Crippen LogP contribution in [0.2, 0.25) is 0 Å². The monoisotopic (exact) mass is 554 g/mol. The van der Waals surface area contributed by atoms with Crippen LogP contribution in [0.4, 0.5) is 25.2 Å². The van der Waals surface area contributed by atoms with Gasteiger partial charge < -0.3 is 4.74 Å². The van der Waals surface area contributed by atoms with E-state index in [4.69, 9.17) is 4.74 Å². The van der Waals surface area contributed by atoms with Gasteiger partial charge in [-0.2, -0.15) is 0 Å². The number of benzene rings is 2. The second-order valence-electron chi connectivity index (χ2n) is 6.58. The van der Waals surface area contributed by atoms with Crippen LogP contribution in [0.3, 0.4) is 0 Å². The van der Waals surface area contributed by atoms with Crippen LogP contribution in [0.1, 0.15) is 46.9 Å². The molecule has 0 N–H and O–H groups in total. The zero-order chi connectivity index (χ0) is 22.0. The van der Waals surface area contributed by atoms with E-state index in [1.54, 1.807) is 0 Å². The molecule has 0 unspecified atom stereocenters. The Hall–Kier alpha value is -1.02. The fraction of sp³-hybridized carbons (Fsp3) is 0.400. The quantitative estimate of drug-likeness (QED) is 0.130. The van der Waals surface area contributed by atoms with Crippen LogP contribution in [0.15, 0.2) is 48.5 Å². The van der Waals surface area contributed by atoms with Crippen LogP contribution in [-0.2, 0) is 0 Å². The molecule has 0 aromatic heterocycles. The van der Waals surface area contributed by atoms with E-state index < -0.39 is 7.81 Å². The van der Waals surface area contributed by atoms with E-state index in [0.717, 1.165) is 18.8 Å². The van der Waals surface area contributed by atoms with E-state index in [0.29, 0.717) is 0 Å². The summed E-state index contributed by atoms with van der Waals surface area (Å²) < 4.78 is 66.3. The normalized spacial score (nSPS) is 13.7. The van der Waals surface area contributed by atoms with Gasteiger partial charge in [-0.3, -0.25) is 0 Å². The Morgan fingerprint density at radius 3 is 1.86 bits per heavy atom. The van der Waals surface area contributed by atoms with Gasteiger partial charge in [0.2, 0.25) is 0 Å². The maximum atomic E-state index is 9.87. The van der Waals surface area contributed by atoms with Gasteiger partial charge in [0.1, 0.15) is 5.75 Å². The van der Waals surface area contributed by atoms with Crippen molar-refractivity contribution in [3.8, 4) is 16.9 Å². The van der Waals surface area contributed by atoms with Crippen molar-refractivity contribution < 1.29 is 31.3 Å². The molecule has 0 atom stereocenters. The van der Waals surface area contributed by atoms with Crippen molar-refractivity contribution in [1.82, 2.24) is 0 Å². The van der Waals surface area contributed by atoms with Crippen molar-refractivity contribution in [2.75, 3.05) is 6.61 Å². The molecule has 0 heterocycles. The van der Waals surface area contributed by atoms with E-state index in [9.17, 15) is 25.2 Å². The van der Waals surface area contributed by atoms with Gasteiger partial charge in [0.15, 0.2) is 0 Å². The number of unbranched alkanes of at least 4 members (excludes halogenated alkanes) is 5. The largest absolute Gasteiger partial charge is 1.00 e. The van der Waals surface area contributed by atoms with E-state index in [2.05, 4.69) is 78.0 Å². The fourth-order valence-electron chi connectivity index (χ4n) is 2.50. The van der Waals surface area contributed by atoms with E-state index >= 15 is 0 Å². The first kappa shape index (κ1) is 26.0. The molecule has 0 aliphatic carbocycles. The number of ether oxygens (including phenoxy) is 1. The molecule has 2 aromatic carbocycles. The molecule has 0 aliphatic heterocycles. The van der Waals surface area contributed by atoms with Crippen LogP contribution in [0.5, 0.6) is 5.75 Å². The van der Waals surface area contributed by atoms with E-state index in [1.165, 1.54) is 46.8 Å². The average molecular weight is 554 g/mol. The van der Waals surface area contributed by atoms with Gasteiger partial charge in [-0.25, -0.2) is 0 Å². The first-order valence-corrected chi connectivity index (χ1v) is 12.4. The third-order valence-electron chi connectivity index (χ3n) is 3.81. The van der Waals surface area contributed by atoms with Crippen molar-refractivity contribution in [2.45, 2.75) is 45.4 Å². The number of hydrogen-bond donors (Lipinski definition) is 0. The molecule has 2 rings (SSSR count). The smallest absolute Gasteiger partial charge is 1.00 e. The molecule has 1 nitrogen and oxygen atoms in total. The summed E-state index contributed by atoms with van der Waals surface area (Å²) in [5.74, 6) is 0.975. The summed E-state index contributed by atoms with van der Waals surface area (Å²) in [5, 5.41) is 0. The van der Waals surface area contributed by atoms with Gasteiger partial charge >= 0.3 is 34.4 Å². The molecule has 0 saturated heterocycles. The van der Waals surface area contributed by atoms with E-state index in [-0.39, 0.29) is 1.43 Å². The molecule has 0 spiro atoms. The molecule has 0 radical (unpaired) electrons. The maximum Gasteiger partial charge on any atom is 1.00 e. The Bertz CT molecular complexity index is 743. The van der Waals surface area contributed by atoms with Crippen LogP contribution < -0.4 is 4.74 Å². The van der Waals surface area contributed by atoms with Gasteiger partial charge in [-0.15, -0.1) is 0 Å². The molecular formula is C20H26F6IOP. The summed E-state index contributed by atoms with van der Waals surface area (Å²) in [6.07, 6.45) is 7.80. The van der Waals surface area contributed by atoms with E-state index in [1.807, 2.05) is 0 Å². The van der Waals surface area contributed by atoms with Gasteiger partial charge in [0.25, 0.3) is 0 Å². The molecular weight excluding hydrogens is 528 g/mol. The predicted octanol–water partition coefficient (Wildman–Crippen LogP) is 10.2. The Kier molecular flexibility index (Phi) is 9.27. The molecule has 2 aromatic rings. The molecule has 0 aliphatic rings. The third kappa shape index (κ3) is 15.5. The Morgan fingerprint density at radius 2 is 1.31 bits per heavy atom. The van der Waals surface area contributed by atoms with Gasteiger partial charge in [-0.05, 0) is 58.3 Å². The Morgan fingerprint density at radius 1 is 0.793 bits per heavy atom. The average Bonchev–Trinajstić information content (AvgIpc) is 2.59. The van der Waals surface area contributed by atoms with Crippen molar-refractivity contribution >= 4 is 30.4 Å². The first-order chi connectivity index (χ1) is 13.3. The molecule has 166 valence electrons. The number of hydrogen-bond acceptors (Lipinski definition) is 1. The van der Waals surface area contributed by atoms with Gasteiger partial charge in [0.05, 0.1) is 6.61 Å². The van der Waals surface area contributed by atoms with Crippen LogP contribution in [-0.4, -0.2) is 6.61 Å². The standard InChI is InChI=1S/C20H25IO.F6P/c1-2-3-4-5-6-9-16-22-18-14-12-17(13-15-18)19-10-7-8-11-20(19)21;1-7(2,3,4,5)6/h7-8,10-15H,2-6,9,16H2,1H3;/q;-1/p+1. The molecule has 9 heteroatoms. The SMILES string of the molecule is CCCCCCCCOc1ccc(-c2ccccc2I)cc1.F[P-](F)(F)(F)(F)F.[H+]. The maximum absolute atomic E-state index is 10.7. The molecule has 0 fully saturated rings. The van der Waals surface area contributed by atoms with Gasteiger partial charge in [-0.1, -0.05) is 69.4 Å². The van der Waals surface area contributed by atoms with Crippen molar-refractivity contribution in [2.24, 2.45) is 0 Å². The molecule has 29 heavy (non-hydrogen) atoms. The van der Waals surface area contributed by atoms with Crippen molar-refractivity contribution in [3.05, 3.63) is 52.1 Å². The molecule has 0 saturated carbocycles. The minimum atomic E-state index is -10.7. The molecule has 0 bridgehead atoms. The second kappa shape index (κ2) is 10.3.